The third kappa shape index (κ3) is 8.32. The van der Waals surface area contributed by atoms with E-state index in [0.29, 0.717) is 24.2 Å². The largest absolute Gasteiger partial charge is 0.445 e. The summed E-state index contributed by atoms with van der Waals surface area (Å²) in [5.41, 5.74) is 2.03. The number of carbonyl (C=O) groups is 2. The molecule has 2 heterocycles. The molecule has 11 heteroatoms. The average molecular weight is 656 g/mol. The molecular formula is C37H39F2N5O4. The Balaban J connectivity index is 1.43. The van der Waals surface area contributed by atoms with Crippen LogP contribution >= 0.6 is 0 Å². The van der Waals surface area contributed by atoms with Crippen LogP contribution in [0.25, 0.3) is 11.5 Å². The van der Waals surface area contributed by atoms with Crippen LogP contribution in [0.15, 0.2) is 71.6 Å². The lowest BCUT2D eigenvalue weighted by molar-refractivity contribution is 0.0755. The van der Waals surface area contributed by atoms with E-state index in [4.69, 9.17) is 10.8 Å². The van der Waals surface area contributed by atoms with Gasteiger partial charge in [0.05, 0.1) is 29.6 Å². The molecule has 2 atom stereocenters. The molecule has 4 aromatic rings. The van der Waals surface area contributed by atoms with Gasteiger partial charge in [0, 0.05) is 54.2 Å². The first-order chi connectivity index (χ1) is 23.1. The van der Waals surface area contributed by atoms with Gasteiger partial charge in [-0.15, -0.1) is 6.42 Å². The van der Waals surface area contributed by atoms with E-state index in [1.165, 1.54) is 18.5 Å². The van der Waals surface area contributed by atoms with Crippen LogP contribution in [-0.2, 0) is 12.0 Å². The van der Waals surface area contributed by atoms with E-state index in [1.54, 1.807) is 29.3 Å². The van der Waals surface area contributed by atoms with Crippen LogP contribution in [0.1, 0.15) is 77.1 Å². The quantitative estimate of drug-likeness (QED) is 0.150. The third-order valence-corrected chi connectivity index (χ3v) is 8.37. The summed E-state index contributed by atoms with van der Waals surface area (Å²) in [5.74, 6) is 0.448. The van der Waals surface area contributed by atoms with Crippen molar-refractivity contribution in [3.63, 3.8) is 0 Å². The molecule has 0 radical (unpaired) electrons. The first kappa shape index (κ1) is 34.4. The highest BCUT2D eigenvalue weighted by atomic mass is 19.1. The monoisotopic (exact) mass is 655 g/mol. The Morgan fingerprint density at radius 1 is 1.02 bits per heavy atom. The van der Waals surface area contributed by atoms with Crippen molar-refractivity contribution >= 4 is 11.8 Å². The molecule has 1 saturated carbocycles. The second kappa shape index (κ2) is 15.3. The molecule has 5 rings (SSSR count). The summed E-state index contributed by atoms with van der Waals surface area (Å²) in [6.45, 7) is 5.10. The van der Waals surface area contributed by atoms with Crippen molar-refractivity contribution in [3.05, 3.63) is 107 Å². The number of amides is 2. The molecule has 3 N–H and O–H groups in total. The molecule has 0 aliphatic heterocycles. The van der Waals surface area contributed by atoms with Gasteiger partial charge in [0.25, 0.3) is 11.8 Å². The average Bonchev–Trinajstić information content (AvgIpc) is 3.67. The van der Waals surface area contributed by atoms with Crippen LogP contribution in [0, 0.1) is 24.0 Å². The Hall–Kier alpha value is -4.92. The summed E-state index contributed by atoms with van der Waals surface area (Å²) in [6.07, 6.45) is 11.9. The fraction of sp³-hybridized carbons (Fsp3) is 0.351. The minimum Gasteiger partial charge on any atom is -0.445 e. The number of oxazole rings is 1. The molecule has 250 valence electrons. The van der Waals surface area contributed by atoms with Crippen molar-refractivity contribution < 1.29 is 27.9 Å². The Morgan fingerprint density at radius 3 is 2.35 bits per heavy atom. The van der Waals surface area contributed by atoms with Gasteiger partial charge in [-0.2, -0.15) is 0 Å². The van der Waals surface area contributed by atoms with Gasteiger partial charge in [-0.25, -0.2) is 13.8 Å². The van der Waals surface area contributed by atoms with E-state index in [0.717, 1.165) is 49.6 Å². The number of halogens is 2. The van der Waals surface area contributed by atoms with Gasteiger partial charge in [-0.3, -0.25) is 14.6 Å². The molecule has 0 spiro atoms. The van der Waals surface area contributed by atoms with E-state index in [2.05, 4.69) is 26.5 Å². The lowest BCUT2D eigenvalue weighted by Gasteiger charge is -2.27. The van der Waals surface area contributed by atoms with Crippen LogP contribution in [0.4, 0.5) is 8.78 Å². The van der Waals surface area contributed by atoms with Crippen molar-refractivity contribution in [3.8, 4) is 23.8 Å². The summed E-state index contributed by atoms with van der Waals surface area (Å²) < 4.78 is 33.8. The van der Waals surface area contributed by atoms with E-state index < -0.39 is 35.2 Å². The molecule has 48 heavy (non-hydrogen) atoms. The van der Waals surface area contributed by atoms with E-state index in [9.17, 15) is 23.5 Å². The van der Waals surface area contributed by atoms with Crippen molar-refractivity contribution in [2.75, 3.05) is 19.6 Å². The van der Waals surface area contributed by atoms with Gasteiger partial charge in [-0.1, -0.05) is 19.8 Å². The highest BCUT2D eigenvalue weighted by Gasteiger charge is 2.46. The highest BCUT2D eigenvalue weighted by molar-refractivity contribution is 6.01. The second-order valence-corrected chi connectivity index (χ2v) is 12.1. The van der Waals surface area contributed by atoms with E-state index in [1.807, 2.05) is 19.9 Å². The normalized spacial score (nSPS) is 14.5. The van der Waals surface area contributed by atoms with Gasteiger partial charge < -0.3 is 25.1 Å². The molecule has 1 aliphatic rings. The molecule has 2 aromatic heterocycles. The zero-order valence-electron chi connectivity index (χ0n) is 27.0. The number of hydrogen-bond donors (Lipinski definition) is 3. The molecule has 9 nitrogen and oxygen atoms in total. The molecule has 2 aromatic carbocycles. The molecule has 0 unspecified atom stereocenters. The number of carbonyl (C=O) groups excluding carboxylic acids is 2. The van der Waals surface area contributed by atoms with Crippen molar-refractivity contribution in [2.24, 2.45) is 0 Å². The summed E-state index contributed by atoms with van der Waals surface area (Å²) in [4.78, 5) is 37.9. The third-order valence-electron chi connectivity index (χ3n) is 8.37. The minimum atomic E-state index is -1.19. The summed E-state index contributed by atoms with van der Waals surface area (Å²) in [5, 5.41) is 17.7. The number of aliphatic hydroxyl groups excluding tert-OH is 1. The highest BCUT2D eigenvalue weighted by Crippen LogP contribution is 2.44. The van der Waals surface area contributed by atoms with Crippen molar-refractivity contribution in [2.45, 2.75) is 63.6 Å². The Bertz CT molecular complexity index is 1760. The lowest BCUT2D eigenvalue weighted by atomic mass is 9.98. The number of rotatable bonds is 15. The Kier molecular flexibility index (Phi) is 11.0. The number of aromatic nitrogens is 2. The fourth-order valence-electron chi connectivity index (χ4n) is 5.80. The van der Waals surface area contributed by atoms with Gasteiger partial charge >= 0.3 is 0 Å². The molecule has 0 saturated heterocycles. The van der Waals surface area contributed by atoms with Crippen LogP contribution in [0.5, 0.6) is 0 Å². The van der Waals surface area contributed by atoms with Crippen LogP contribution in [0.3, 0.4) is 0 Å². The van der Waals surface area contributed by atoms with Crippen LogP contribution in [-0.4, -0.2) is 63.6 Å². The van der Waals surface area contributed by atoms with Crippen LogP contribution < -0.4 is 10.6 Å². The molecule has 1 aliphatic carbocycles. The molecule has 2 amide bonds. The molecule has 1 fully saturated rings. The van der Waals surface area contributed by atoms with Gasteiger partial charge in [-0.05, 0) is 80.1 Å². The van der Waals surface area contributed by atoms with Crippen LogP contribution in [0.2, 0.25) is 0 Å². The van der Waals surface area contributed by atoms with E-state index in [-0.39, 0.29) is 41.5 Å². The van der Waals surface area contributed by atoms with Crippen molar-refractivity contribution in [1.82, 2.24) is 25.5 Å². The first-order valence-electron chi connectivity index (χ1n) is 16.1. The van der Waals surface area contributed by atoms with Gasteiger partial charge in [0.2, 0.25) is 5.89 Å². The number of nitrogens with one attached hydrogen (secondary N) is 2. The smallest absolute Gasteiger partial charge is 0.253 e. The maximum absolute atomic E-state index is 14.2. The number of aliphatic hydroxyl groups is 1. The van der Waals surface area contributed by atoms with Crippen molar-refractivity contribution in [1.29, 1.82) is 0 Å². The maximum atomic E-state index is 14.2. The summed E-state index contributed by atoms with van der Waals surface area (Å²) >= 11 is 0. The molecular weight excluding hydrogens is 616 g/mol. The zero-order valence-corrected chi connectivity index (χ0v) is 27.0. The lowest BCUT2D eigenvalue weighted by Crippen LogP contribution is -2.50. The predicted molar refractivity (Wildman–Crippen MR) is 177 cm³/mol. The SMILES string of the molecule is C#Cc1ccnc(C2(NC[C@@H](O)[C@H](Cc3cc(F)cc(F)c3)NC(=O)c3cc(C(=O)N(CCC)CCC)cc(-c4ncco4)c3)CC2)c1. The maximum Gasteiger partial charge on any atom is 0.253 e. The summed E-state index contributed by atoms with van der Waals surface area (Å²) in [7, 11) is 0. The minimum absolute atomic E-state index is 0.0355. The zero-order chi connectivity index (χ0) is 34.3. The van der Waals surface area contributed by atoms with Gasteiger partial charge in [0.15, 0.2) is 0 Å². The Morgan fingerprint density at radius 2 is 1.73 bits per heavy atom. The Labute approximate surface area is 278 Å². The standard InChI is InChI=1S/C37H39F2N5O4/c1-4-12-44(13-5-2)36(47)28-20-26(19-27(21-28)35-41-11-14-48-35)34(46)43-31(17-25-15-29(38)22-30(39)16-25)32(45)23-42-37(8-9-37)33-18-24(6-3)7-10-40-33/h3,7,10-11,14-16,18-22,31-32,42,45H,4-5,8-9,12-13,17,23H2,1-2H3,(H,43,46)/t31-,32+/m0/s1. The second-order valence-electron chi connectivity index (χ2n) is 12.1. The number of nitrogens with zero attached hydrogens (tertiary/aromatic N) is 3. The topological polar surface area (TPSA) is 121 Å². The van der Waals surface area contributed by atoms with E-state index >= 15 is 0 Å². The number of terminal acetylenes is 1. The predicted octanol–water partition coefficient (Wildman–Crippen LogP) is 5.24. The molecule has 0 bridgehead atoms. The van der Waals surface area contributed by atoms with Gasteiger partial charge in [0.1, 0.15) is 17.9 Å². The number of hydrogen-bond acceptors (Lipinski definition) is 7. The summed E-state index contributed by atoms with van der Waals surface area (Å²) in [6, 6.07) is 10.3. The number of pyridine rings is 1. The first-order valence-corrected chi connectivity index (χ1v) is 16.1. The number of benzene rings is 2. The fourth-order valence-corrected chi connectivity index (χ4v) is 5.80.